The number of amides is 1. The molecule has 0 bridgehead atoms. The maximum absolute atomic E-state index is 12.7. The first-order valence-corrected chi connectivity index (χ1v) is 9.47. The summed E-state index contributed by atoms with van der Waals surface area (Å²) in [6.07, 6.45) is 5.08. The molecule has 0 radical (unpaired) electrons. The van der Waals surface area contributed by atoms with Crippen LogP contribution >= 0.6 is 23.2 Å². The van der Waals surface area contributed by atoms with E-state index in [0.717, 1.165) is 30.2 Å². The second-order valence-corrected chi connectivity index (χ2v) is 8.43. The van der Waals surface area contributed by atoms with Crippen LogP contribution in [0.4, 0.5) is 0 Å². The lowest BCUT2D eigenvalue weighted by atomic mass is 10.0. The van der Waals surface area contributed by atoms with Gasteiger partial charge in [0.05, 0.1) is 6.42 Å². The molecule has 2 saturated carbocycles. The lowest BCUT2D eigenvalue weighted by Crippen LogP contribution is -2.37. The second-order valence-electron chi connectivity index (χ2n) is 7.62. The second kappa shape index (κ2) is 7.23. The molecular weight excluding hydrogens is 343 g/mol. The normalized spacial score (nSPS) is 29.1. The monoisotopic (exact) mass is 368 g/mol. The Labute approximate surface area is 154 Å². The predicted octanol–water partition coefficient (Wildman–Crippen LogP) is 4.11. The van der Waals surface area contributed by atoms with Gasteiger partial charge in [-0.15, -0.1) is 0 Å². The smallest absolute Gasteiger partial charge is 0.227 e. The zero-order valence-electron chi connectivity index (χ0n) is 14.6. The van der Waals surface area contributed by atoms with Gasteiger partial charge in [0.1, 0.15) is 0 Å². The van der Waals surface area contributed by atoms with Crippen molar-refractivity contribution in [2.24, 2.45) is 11.8 Å². The van der Waals surface area contributed by atoms with Gasteiger partial charge in [-0.1, -0.05) is 29.3 Å². The van der Waals surface area contributed by atoms with Gasteiger partial charge in [0, 0.05) is 29.2 Å². The molecule has 0 aromatic heterocycles. The molecule has 1 aromatic carbocycles. The number of halogens is 2. The Hall–Kier alpha value is -0.770. The van der Waals surface area contributed by atoms with Gasteiger partial charge in [-0.25, -0.2) is 0 Å². The Balaban J connectivity index is 1.60. The van der Waals surface area contributed by atoms with Crippen LogP contribution in [0.3, 0.4) is 0 Å². The number of hydrogen-bond acceptors (Lipinski definition) is 2. The van der Waals surface area contributed by atoms with Crippen molar-refractivity contribution in [1.82, 2.24) is 9.80 Å². The number of hydrogen-bond donors (Lipinski definition) is 0. The van der Waals surface area contributed by atoms with E-state index in [1.165, 1.54) is 12.8 Å². The number of likely N-dealkylation sites (N-methyl/N-ethyl adjacent to an activating group) is 1. The zero-order chi connectivity index (χ0) is 17.4. The first-order chi connectivity index (χ1) is 11.4. The van der Waals surface area contributed by atoms with Crippen LogP contribution in [-0.2, 0) is 11.2 Å². The maximum atomic E-state index is 12.7. The fourth-order valence-corrected chi connectivity index (χ4v) is 5.00. The van der Waals surface area contributed by atoms with E-state index in [0.29, 0.717) is 22.1 Å². The minimum Gasteiger partial charge on any atom is -0.342 e. The molecule has 3 nitrogen and oxygen atoms in total. The van der Waals surface area contributed by atoms with Crippen LogP contribution in [0.25, 0.3) is 0 Å². The summed E-state index contributed by atoms with van der Waals surface area (Å²) in [7, 11) is 6.28. The van der Waals surface area contributed by atoms with E-state index in [1.54, 1.807) is 12.1 Å². The first-order valence-electron chi connectivity index (χ1n) is 8.71. The Morgan fingerprint density at radius 3 is 2.00 bits per heavy atom. The van der Waals surface area contributed by atoms with Crippen LogP contribution in [0.5, 0.6) is 0 Å². The van der Waals surface area contributed by atoms with E-state index in [2.05, 4.69) is 19.0 Å². The third kappa shape index (κ3) is 3.58. The average Bonchev–Trinajstić information content (AvgIpc) is 3.08. The third-order valence-corrected chi connectivity index (χ3v) is 6.74. The molecule has 0 heterocycles. The summed E-state index contributed by atoms with van der Waals surface area (Å²) in [4.78, 5) is 17.0. The van der Waals surface area contributed by atoms with Crippen molar-refractivity contribution in [3.05, 3.63) is 33.8 Å². The van der Waals surface area contributed by atoms with E-state index < -0.39 is 0 Å². The molecule has 2 aliphatic carbocycles. The van der Waals surface area contributed by atoms with Crippen LogP contribution < -0.4 is 0 Å². The van der Waals surface area contributed by atoms with Crippen molar-refractivity contribution in [2.75, 3.05) is 21.1 Å². The molecule has 0 spiro atoms. The minimum atomic E-state index is 0.110. The van der Waals surface area contributed by atoms with Gasteiger partial charge >= 0.3 is 0 Å². The lowest BCUT2D eigenvalue weighted by molar-refractivity contribution is -0.131. The summed E-state index contributed by atoms with van der Waals surface area (Å²) >= 11 is 12.4. The van der Waals surface area contributed by atoms with Gasteiger partial charge in [0.25, 0.3) is 0 Å². The van der Waals surface area contributed by atoms with Crippen molar-refractivity contribution >= 4 is 29.1 Å². The Morgan fingerprint density at radius 1 is 1.00 bits per heavy atom. The molecule has 2 fully saturated rings. The maximum Gasteiger partial charge on any atom is 0.227 e. The highest BCUT2D eigenvalue weighted by Crippen LogP contribution is 2.46. The molecule has 0 saturated heterocycles. The standard InChI is InChI=1S/C19H26Cl2N2O/c1-22(2)14-7-12-9-15(10-13(12)8-14)23(3)19(24)11-16-17(20)5-4-6-18(16)21/h4-6,12-15H,7-11H2,1-3H3/t12-,13+,14?,15?. The molecule has 3 rings (SSSR count). The highest BCUT2D eigenvalue weighted by atomic mass is 35.5. The topological polar surface area (TPSA) is 23.6 Å². The average molecular weight is 369 g/mol. The molecule has 2 unspecified atom stereocenters. The van der Waals surface area contributed by atoms with Crippen LogP contribution in [0.1, 0.15) is 31.2 Å². The van der Waals surface area contributed by atoms with Crippen LogP contribution in [0.2, 0.25) is 10.0 Å². The SMILES string of the molecule is CN(C)C1C[C@@H]2CC(N(C)C(=O)Cc3c(Cl)cccc3Cl)C[C@@H]2C1. The van der Waals surface area contributed by atoms with E-state index in [1.807, 2.05) is 18.0 Å². The Morgan fingerprint density at radius 2 is 1.50 bits per heavy atom. The number of benzene rings is 1. The molecule has 0 N–H and O–H groups in total. The number of rotatable bonds is 4. The van der Waals surface area contributed by atoms with Crippen LogP contribution in [0, 0.1) is 11.8 Å². The summed E-state index contributed by atoms with van der Waals surface area (Å²) in [5, 5.41) is 1.14. The van der Waals surface area contributed by atoms with Gasteiger partial charge in [-0.05, 0) is 69.3 Å². The molecule has 24 heavy (non-hydrogen) atoms. The third-order valence-electron chi connectivity index (χ3n) is 6.03. The predicted molar refractivity (Wildman–Crippen MR) is 99.6 cm³/mol. The van der Waals surface area contributed by atoms with Gasteiger partial charge < -0.3 is 9.80 Å². The van der Waals surface area contributed by atoms with E-state index >= 15 is 0 Å². The Bertz CT molecular complexity index is 585. The summed E-state index contributed by atoms with van der Waals surface area (Å²) in [5.74, 6) is 1.64. The molecule has 132 valence electrons. The van der Waals surface area contributed by atoms with Crippen molar-refractivity contribution in [3.8, 4) is 0 Å². The minimum absolute atomic E-state index is 0.110. The van der Waals surface area contributed by atoms with Gasteiger partial charge in [0.15, 0.2) is 0 Å². The highest BCUT2D eigenvalue weighted by Gasteiger charge is 2.44. The molecule has 2 aliphatic rings. The fourth-order valence-electron chi connectivity index (χ4n) is 4.47. The summed E-state index contributed by atoms with van der Waals surface area (Å²) in [5.41, 5.74) is 0.739. The van der Waals surface area contributed by atoms with Crippen molar-refractivity contribution < 1.29 is 4.79 Å². The van der Waals surface area contributed by atoms with E-state index in [4.69, 9.17) is 23.2 Å². The molecule has 1 aromatic rings. The summed E-state index contributed by atoms with van der Waals surface area (Å²) in [6.45, 7) is 0. The van der Waals surface area contributed by atoms with Crippen LogP contribution in [0.15, 0.2) is 18.2 Å². The summed E-state index contributed by atoms with van der Waals surface area (Å²) < 4.78 is 0. The first kappa shape index (κ1) is 18.0. The van der Waals surface area contributed by atoms with Crippen LogP contribution in [-0.4, -0.2) is 48.9 Å². The largest absolute Gasteiger partial charge is 0.342 e. The number of fused-ring (bicyclic) bond motifs is 1. The van der Waals surface area contributed by atoms with E-state index in [9.17, 15) is 4.79 Å². The Kier molecular flexibility index (Phi) is 5.43. The molecule has 5 heteroatoms. The van der Waals surface area contributed by atoms with Gasteiger partial charge in [-0.2, -0.15) is 0 Å². The van der Waals surface area contributed by atoms with Gasteiger partial charge in [0.2, 0.25) is 5.91 Å². The van der Waals surface area contributed by atoms with Gasteiger partial charge in [-0.3, -0.25) is 4.79 Å². The van der Waals surface area contributed by atoms with Crippen molar-refractivity contribution in [1.29, 1.82) is 0 Å². The van der Waals surface area contributed by atoms with Crippen molar-refractivity contribution in [2.45, 2.75) is 44.2 Å². The number of nitrogens with zero attached hydrogens (tertiary/aromatic N) is 2. The fraction of sp³-hybridized carbons (Fsp3) is 0.632. The molecule has 4 atom stereocenters. The zero-order valence-corrected chi connectivity index (χ0v) is 16.1. The van der Waals surface area contributed by atoms with Crippen molar-refractivity contribution in [3.63, 3.8) is 0 Å². The quantitative estimate of drug-likeness (QED) is 0.797. The lowest BCUT2D eigenvalue weighted by Gasteiger charge is -2.27. The molecular formula is C19H26Cl2N2O. The van der Waals surface area contributed by atoms with E-state index in [-0.39, 0.29) is 12.3 Å². The number of carbonyl (C=O) groups is 1. The highest BCUT2D eigenvalue weighted by molar-refractivity contribution is 6.36. The number of carbonyl (C=O) groups excluding carboxylic acids is 1. The summed E-state index contributed by atoms with van der Waals surface area (Å²) in [6, 6.07) is 6.46. The molecule has 1 amide bonds. The molecule has 0 aliphatic heterocycles.